The molecule has 1 fully saturated rings. The molecule has 5 heteroatoms. The van der Waals surface area contributed by atoms with Gasteiger partial charge in [0.1, 0.15) is 0 Å². The van der Waals surface area contributed by atoms with E-state index in [1.165, 1.54) is 13.0 Å². The number of hydrogen-bond acceptors (Lipinski definition) is 4. The summed E-state index contributed by atoms with van der Waals surface area (Å²) in [4.78, 5) is 16.1. The number of hydrogen-bond donors (Lipinski definition) is 2. The maximum Gasteiger partial charge on any atom is 0.251 e. The SMILES string of the molecule is CNC(=O)c1ccc(N(C)CC2CCN(C)C2)c(N)c1. The summed E-state index contributed by atoms with van der Waals surface area (Å²) in [5.74, 6) is 0.575. The van der Waals surface area contributed by atoms with E-state index in [0.717, 1.165) is 18.8 Å². The number of nitrogens with one attached hydrogen (secondary N) is 1. The lowest BCUT2D eigenvalue weighted by Crippen LogP contribution is -2.28. The minimum atomic E-state index is -0.108. The predicted octanol–water partition coefficient (Wildman–Crippen LogP) is 1.02. The zero-order chi connectivity index (χ0) is 14.7. The van der Waals surface area contributed by atoms with Gasteiger partial charge >= 0.3 is 0 Å². The van der Waals surface area contributed by atoms with Crippen molar-refractivity contribution in [3.8, 4) is 0 Å². The van der Waals surface area contributed by atoms with Gasteiger partial charge in [-0.1, -0.05) is 0 Å². The van der Waals surface area contributed by atoms with Gasteiger partial charge in [0.05, 0.1) is 11.4 Å². The fourth-order valence-electron chi connectivity index (χ4n) is 2.85. The Balaban J connectivity index is 2.06. The summed E-state index contributed by atoms with van der Waals surface area (Å²) >= 11 is 0. The normalized spacial score (nSPS) is 19.1. The van der Waals surface area contributed by atoms with Gasteiger partial charge < -0.3 is 20.9 Å². The van der Waals surface area contributed by atoms with Crippen LogP contribution in [-0.4, -0.2) is 51.6 Å². The van der Waals surface area contributed by atoms with Gasteiger partial charge in [0.25, 0.3) is 5.91 Å². The van der Waals surface area contributed by atoms with Gasteiger partial charge in [-0.15, -0.1) is 0 Å². The average molecular weight is 276 g/mol. The van der Waals surface area contributed by atoms with E-state index < -0.39 is 0 Å². The highest BCUT2D eigenvalue weighted by molar-refractivity contribution is 5.96. The lowest BCUT2D eigenvalue weighted by Gasteiger charge is -2.24. The highest BCUT2D eigenvalue weighted by Gasteiger charge is 2.21. The van der Waals surface area contributed by atoms with Gasteiger partial charge in [-0.25, -0.2) is 0 Å². The summed E-state index contributed by atoms with van der Waals surface area (Å²) in [7, 11) is 5.84. The molecule has 1 atom stereocenters. The third kappa shape index (κ3) is 3.22. The van der Waals surface area contributed by atoms with E-state index >= 15 is 0 Å². The first-order chi connectivity index (χ1) is 9.51. The van der Waals surface area contributed by atoms with Crippen molar-refractivity contribution in [2.45, 2.75) is 6.42 Å². The second kappa shape index (κ2) is 6.13. The van der Waals surface area contributed by atoms with Crippen molar-refractivity contribution in [2.24, 2.45) is 5.92 Å². The molecule has 1 aliphatic rings. The van der Waals surface area contributed by atoms with E-state index in [2.05, 4.69) is 29.2 Å². The lowest BCUT2D eigenvalue weighted by atomic mass is 10.1. The first-order valence-electron chi connectivity index (χ1n) is 7.02. The van der Waals surface area contributed by atoms with Gasteiger partial charge in [-0.3, -0.25) is 4.79 Å². The molecular formula is C15H24N4O. The Hall–Kier alpha value is -1.75. The number of nitrogen functional groups attached to an aromatic ring is 1. The maximum atomic E-state index is 11.6. The summed E-state index contributed by atoms with van der Waals surface area (Å²) < 4.78 is 0. The van der Waals surface area contributed by atoms with E-state index in [4.69, 9.17) is 5.73 Å². The number of carbonyl (C=O) groups excluding carboxylic acids is 1. The van der Waals surface area contributed by atoms with E-state index in [0.29, 0.717) is 17.2 Å². The molecule has 0 spiro atoms. The molecule has 0 radical (unpaired) electrons. The Morgan fingerprint density at radius 3 is 2.85 bits per heavy atom. The van der Waals surface area contributed by atoms with Crippen LogP contribution in [-0.2, 0) is 0 Å². The molecule has 1 heterocycles. The largest absolute Gasteiger partial charge is 0.397 e. The number of rotatable bonds is 4. The van der Waals surface area contributed by atoms with Crippen molar-refractivity contribution in [1.82, 2.24) is 10.2 Å². The van der Waals surface area contributed by atoms with Crippen molar-refractivity contribution < 1.29 is 4.79 Å². The van der Waals surface area contributed by atoms with E-state index in [1.807, 2.05) is 12.1 Å². The zero-order valence-corrected chi connectivity index (χ0v) is 12.5. The van der Waals surface area contributed by atoms with Gasteiger partial charge in [0.15, 0.2) is 0 Å². The van der Waals surface area contributed by atoms with Crippen molar-refractivity contribution in [2.75, 3.05) is 51.4 Å². The summed E-state index contributed by atoms with van der Waals surface area (Å²) in [5.41, 5.74) is 8.33. The van der Waals surface area contributed by atoms with Crippen LogP contribution in [0.3, 0.4) is 0 Å². The minimum Gasteiger partial charge on any atom is -0.397 e. The van der Waals surface area contributed by atoms with E-state index in [-0.39, 0.29) is 5.91 Å². The summed E-state index contributed by atoms with van der Waals surface area (Å²) in [5, 5.41) is 2.61. The Morgan fingerprint density at radius 2 is 2.30 bits per heavy atom. The van der Waals surface area contributed by atoms with Gasteiger partial charge in [-0.2, -0.15) is 0 Å². The lowest BCUT2D eigenvalue weighted by molar-refractivity contribution is 0.0963. The molecule has 2 rings (SSSR count). The molecule has 20 heavy (non-hydrogen) atoms. The maximum absolute atomic E-state index is 11.6. The summed E-state index contributed by atoms with van der Waals surface area (Å²) in [6, 6.07) is 5.49. The van der Waals surface area contributed by atoms with Gasteiger partial charge in [-0.05, 0) is 44.1 Å². The molecule has 0 aromatic heterocycles. The smallest absolute Gasteiger partial charge is 0.251 e. The van der Waals surface area contributed by atoms with Gasteiger partial charge in [0, 0.05) is 32.7 Å². The highest BCUT2D eigenvalue weighted by Crippen LogP contribution is 2.25. The number of nitrogens with two attached hydrogens (primary N) is 1. The molecule has 0 bridgehead atoms. The molecule has 1 aromatic carbocycles. The average Bonchev–Trinajstić information content (AvgIpc) is 2.82. The molecule has 5 nitrogen and oxygen atoms in total. The zero-order valence-electron chi connectivity index (χ0n) is 12.5. The van der Waals surface area contributed by atoms with Crippen LogP contribution in [0.2, 0.25) is 0 Å². The fraction of sp³-hybridized carbons (Fsp3) is 0.533. The molecule has 0 aliphatic carbocycles. The monoisotopic (exact) mass is 276 g/mol. The van der Waals surface area contributed by atoms with Crippen LogP contribution >= 0.6 is 0 Å². The van der Waals surface area contributed by atoms with Crippen molar-refractivity contribution >= 4 is 17.3 Å². The number of benzene rings is 1. The third-order valence-electron chi connectivity index (χ3n) is 3.95. The molecule has 1 saturated heterocycles. The molecule has 110 valence electrons. The molecule has 3 N–H and O–H groups in total. The van der Waals surface area contributed by atoms with Crippen LogP contribution in [0.1, 0.15) is 16.8 Å². The highest BCUT2D eigenvalue weighted by atomic mass is 16.1. The van der Waals surface area contributed by atoms with Crippen LogP contribution in [0.5, 0.6) is 0 Å². The number of amides is 1. The topological polar surface area (TPSA) is 61.6 Å². The summed E-state index contributed by atoms with van der Waals surface area (Å²) in [6.07, 6.45) is 1.23. The standard InChI is InChI=1S/C15H24N4O/c1-17-15(20)12-4-5-14(13(16)8-12)19(3)10-11-6-7-18(2)9-11/h4-5,8,11H,6-7,9-10,16H2,1-3H3,(H,17,20). The Kier molecular flexibility index (Phi) is 4.49. The number of carbonyl (C=O) groups is 1. The van der Waals surface area contributed by atoms with Crippen molar-refractivity contribution in [3.05, 3.63) is 23.8 Å². The van der Waals surface area contributed by atoms with Crippen LogP contribution < -0.4 is 16.0 Å². The van der Waals surface area contributed by atoms with Crippen LogP contribution in [0.25, 0.3) is 0 Å². The Bertz CT molecular complexity index is 489. The van der Waals surface area contributed by atoms with Gasteiger partial charge in [0.2, 0.25) is 0 Å². The summed E-state index contributed by atoms with van der Waals surface area (Å²) in [6.45, 7) is 3.30. The molecular weight excluding hydrogens is 252 g/mol. The second-order valence-electron chi connectivity index (χ2n) is 5.65. The molecule has 1 aromatic rings. The van der Waals surface area contributed by atoms with Crippen molar-refractivity contribution in [1.29, 1.82) is 0 Å². The Morgan fingerprint density at radius 1 is 1.55 bits per heavy atom. The first kappa shape index (κ1) is 14.7. The number of nitrogens with zero attached hydrogens (tertiary/aromatic N) is 2. The Labute approximate surface area is 120 Å². The number of likely N-dealkylation sites (tertiary alicyclic amines) is 1. The quantitative estimate of drug-likeness (QED) is 0.806. The fourth-order valence-corrected chi connectivity index (χ4v) is 2.85. The van der Waals surface area contributed by atoms with Crippen LogP contribution in [0.15, 0.2) is 18.2 Å². The third-order valence-corrected chi connectivity index (χ3v) is 3.95. The van der Waals surface area contributed by atoms with Crippen LogP contribution in [0.4, 0.5) is 11.4 Å². The molecule has 1 aliphatic heterocycles. The van der Waals surface area contributed by atoms with E-state index in [1.54, 1.807) is 13.1 Å². The predicted molar refractivity (Wildman–Crippen MR) is 83.1 cm³/mol. The minimum absolute atomic E-state index is 0.108. The van der Waals surface area contributed by atoms with Crippen molar-refractivity contribution in [3.63, 3.8) is 0 Å². The van der Waals surface area contributed by atoms with E-state index in [9.17, 15) is 4.79 Å². The molecule has 1 amide bonds. The molecule has 1 unspecified atom stereocenters. The second-order valence-corrected chi connectivity index (χ2v) is 5.65. The first-order valence-corrected chi connectivity index (χ1v) is 7.02. The molecule has 0 saturated carbocycles. The van der Waals surface area contributed by atoms with Crippen LogP contribution in [0, 0.1) is 5.92 Å². The number of anilines is 2.